The molecule has 1 aliphatic carbocycles. The summed E-state index contributed by atoms with van der Waals surface area (Å²) in [6.45, 7) is 11.0. The molecule has 1 unspecified atom stereocenters. The summed E-state index contributed by atoms with van der Waals surface area (Å²) < 4.78 is 0. The van der Waals surface area contributed by atoms with Gasteiger partial charge in [-0.25, -0.2) is 0 Å². The van der Waals surface area contributed by atoms with E-state index in [1.807, 2.05) is 0 Å². The Morgan fingerprint density at radius 3 is 2.36 bits per heavy atom. The lowest BCUT2D eigenvalue weighted by Gasteiger charge is -2.39. The van der Waals surface area contributed by atoms with Gasteiger partial charge in [0.15, 0.2) is 5.96 Å². The molecule has 2 rings (SSSR count). The molecule has 0 amide bonds. The van der Waals surface area contributed by atoms with Crippen LogP contribution in [0.2, 0.25) is 0 Å². The number of guanidine groups is 1. The number of aliphatic hydroxyl groups is 1. The quantitative estimate of drug-likeness (QED) is 0.250. The fourth-order valence-electron chi connectivity index (χ4n) is 4.72. The molecule has 28 heavy (non-hydrogen) atoms. The number of nitrogens with zero attached hydrogens (tertiary/aromatic N) is 2. The fraction of sp³-hybridized carbons (Fsp3) is 0.955. The summed E-state index contributed by atoms with van der Waals surface area (Å²) in [5.74, 6) is 2.08. The summed E-state index contributed by atoms with van der Waals surface area (Å²) in [7, 11) is 0. The number of piperidine rings is 1. The first kappa shape index (κ1) is 26.0. The van der Waals surface area contributed by atoms with Crippen LogP contribution in [0.25, 0.3) is 0 Å². The van der Waals surface area contributed by atoms with Crippen molar-refractivity contribution in [3.05, 3.63) is 0 Å². The molecule has 1 atom stereocenters. The molecule has 3 N–H and O–H groups in total. The second-order valence-corrected chi connectivity index (χ2v) is 8.97. The number of aliphatic imine (C=N–C) groups is 1. The Bertz CT molecular complexity index is 419. The zero-order chi connectivity index (χ0) is 19.5. The van der Waals surface area contributed by atoms with Gasteiger partial charge < -0.3 is 20.6 Å². The number of likely N-dealkylation sites (tertiary alicyclic amines) is 1. The third kappa shape index (κ3) is 9.61. The second-order valence-electron chi connectivity index (χ2n) is 8.97. The van der Waals surface area contributed by atoms with E-state index < -0.39 is 0 Å². The van der Waals surface area contributed by atoms with E-state index in [2.05, 4.69) is 36.3 Å². The third-order valence-corrected chi connectivity index (χ3v) is 6.16. The maximum Gasteiger partial charge on any atom is 0.191 e. The Morgan fingerprint density at radius 2 is 1.79 bits per heavy atom. The predicted octanol–water partition coefficient (Wildman–Crippen LogP) is 4.00. The number of halogens is 1. The van der Waals surface area contributed by atoms with E-state index in [9.17, 15) is 5.11 Å². The molecule has 1 aliphatic heterocycles. The van der Waals surface area contributed by atoms with Crippen LogP contribution in [0.15, 0.2) is 4.99 Å². The monoisotopic (exact) mass is 508 g/mol. The Hall–Kier alpha value is -0.0800. The minimum Gasteiger partial charge on any atom is -0.396 e. The van der Waals surface area contributed by atoms with Crippen molar-refractivity contribution in [1.29, 1.82) is 0 Å². The molecular weight excluding hydrogens is 463 g/mol. The average molecular weight is 509 g/mol. The van der Waals surface area contributed by atoms with Crippen molar-refractivity contribution in [2.75, 3.05) is 32.8 Å². The van der Waals surface area contributed by atoms with Gasteiger partial charge in [0, 0.05) is 44.9 Å². The topological polar surface area (TPSA) is 59.9 Å². The summed E-state index contributed by atoms with van der Waals surface area (Å²) in [6, 6.07) is 1.38. The summed E-state index contributed by atoms with van der Waals surface area (Å²) >= 11 is 0. The largest absolute Gasteiger partial charge is 0.396 e. The van der Waals surface area contributed by atoms with Gasteiger partial charge >= 0.3 is 0 Å². The van der Waals surface area contributed by atoms with Crippen molar-refractivity contribution < 1.29 is 5.11 Å². The van der Waals surface area contributed by atoms with Crippen LogP contribution in [0.5, 0.6) is 0 Å². The minimum absolute atomic E-state index is 0. The molecule has 1 heterocycles. The number of rotatable bonds is 9. The molecule has 2 aliphatic rings. The van der Waals surface area contributed by atoms with E-state index in [1.54, 1.807) is 0 Å². The lowest BCUT2D eigenvalue weighted by molar-refractivity contribution is 0.119. The Labute approximate surface area is 190 Å². The van der Waals surface area contributed by atoms with Gasteiger partial charge in [-0.05, 0) is 57.3 Å². The van der Waals surface area contributed by atoms with Crippen molar-refractivity contribution in [2.45, 2.75) is 90.6 Å². The molecule has 0 aromatic carbocycles. The van der Waals surface area contributed by atoms with Crippen molar-refractivity contribution >= 4 is 29.9 Å². The van der Waals surface area contributed by atoms with Crippen LogP contribution in [-0.2, 0) is 0 Å². The van der Waals surface area contributed by atoms with E-state index >= 15 is 0 Å². The molecule has 1 saturated carbocycles. The number of aliphatic hydroxyl groups excluding tert-OH is 1. The van der Waals surface area contributed by atoms with Gasteiger partial charge in [-0.15, -0.1) is 24.0 Å². The van der Waals surface area contributed by atoms with Crippen LogP contribution in [0.4, 0.5) is 0 Å². The second kappa shape index (κ2) is 14.8. The predicted molar refractivity (Wildman–Crippen MR) is 131 cm³/mol. The van der Waals surface area contributed by atoms with E-state index in [1.165, 1.54) is 58.0 Å². The molecule has 2 fully saturated rings. The summed E-state index contributed by atoms with van der Waals surface area (Å²) in [6.07, 6.45) is 11.5. The molecule has 6 heteroatoms. The highest BCUT2D eigenvalue weighted by molar-refractivity contribution is 14.0. The molecule has 0 aromatic heterocycles. The van der Waals surface area contributed by atoms with Crippen molar-refractivity contribution in [3.63, 3.8) is 0 Å². The Kier molecular flexibility index (Phi) is 13.7. The van der Waals surface area contributed by atoms with Gasteiger partial charge in [-0.1, -0.05) is 33.1 Å². The summed E-state index contributed by atoms with van der Waals surface area (Å²) in [5.41, 5.74) is 0. The first-order valence-corrected chi connectivity index (χ1v) is 11.5. The average Bonchev–Trinajstić information content (AvgIpc) is 2.67. The Morgan fingerprint density at radius 1 is 1.11 bits per heavy atom. The highest BCUT2D eigenvalue weighted by atomic mass is 127. The van der Waals surface area contributed by atoms with Crippen molar-refractivity contribution in [2.24, 2.45) is 16.8 Å². The standard InChI is InChI=1S/C22H44N4O.HI/c1-4-23-22(24-17-19(12-15-27)16-18(2)3)25-20-10-13-26(14-11-20)21-8-6-5-7-9-21;/h18-21,27H,4-17H2,1-3H3,(H2,23,24,25);1H. The molecule has 0 spiro atoms. The summed E-state index contributed by atoms with van der Waals surface area (Å²) in [5, 5.41) is 16.4. The SMILES string of the molecule is CCNC(=NCC(CCO)CC(C)C)NC1CCN(C2CCCCC2)CC1.I. The zero-order valence-electron chi connectivity index (χ0n) is 18.5. The van der Waals surface area contributed by atoms with Crippen molar-refractivity contribution in [1.82, 2.24) is 15.5 Å². The minimum atomic E-state index is 0. The Balaban J connectivity index is 0.00000392. The van der Waals surface area contributed by atoms with Crippen molar-refractivity contribution in [3.8, 4) is 0 Å². The van der Waals surface area contributed by atoms with Gasteiger partial charge in [0.1, 0.15) is 0 Å². The van der Waals surface area contributed by atoms with Crippen LogP contribution < -0.4 is 10.6 Å². The fourth-order valence-corrected chi connectivity index (χ4v) is 4.72. The molecule has 166 valence electrons. The van der Waals surface area contributed by atoms with Gasteiger partial charge in [0.05, 0.1) is 0 Å². The van der Waals surface area contributed by atoms with Gasteiger partial charge in [-0.2, -0.15) is 0 Å². The van der Waals surface area contributed by atoms with Crippen LogP contribution >= 0.6 is 24.0 Å². The van der Waals surface area contributed by atoms with E-state index in [0.29, 0.717) is 17.9 Å². The number of hydrogen-bond donors (Lipinski definition) is 3. The first-order chi connectivity index (χ1) is 13.1. The van der Waals surface area contributed by atoms with Crippen LogP contribution in [-0.4, -0.2) is 60.8 Å². The molecule has 0 aromatic rings. The normalized spacial score (nSPS) is 21.4. The lowest BCUT2D eigenvalue weighted by atomic mass is 9.92. The highest BCUT2D eigenvalue weighted by Crippen LogP contribution is 2.25. The third-order valence-electron chi connectivity index (χ3n) is 6.16. The van der Waals surface area contributed by atoms with E-state index in [-0.39, 0.29) is 30.6 Å². The molecule has 0 radical (unpaired) electrons. The van der Waals surface area contributed by atoms with E-state index in [4.69, 9.17) is 4.99 Å². The maximum absolute atomic E-state index is 9.33. The van der Waals surface area contributed by atoms with Gasteiger partial charge in [0.2, 0.25) is 0 Å². The summed E-state index contributed by atoms with van der Waals surface area (Å²) in [4.78, 5) is 7.60. The van der Waals surface area contributed by atoms with Crippen LogP contribution in [0.3, 0.4) is 0 Å². The maximum atomic E-state index is 9.33. The molecule has 1 saturated heterocycles. The molecule has 0 bridgehead atoms. The number of hydrogen-bond acceptors (Lipinski definition) is 3. The molecular formula is C22H45IN4O. The van der Waals surface area contributed by atoms with Gasteiger partial charge in [0.25, 0.3) is 0 Å². The van der Waals surface area contributed by atoms with Gasteiger partial charge in [-0.3, -0.25) is 4.99 Å². The lowest BCUT2D eigenvalue weighted by Crippen LogP contribution is -2.51. The smallest absolute Gasteiger partial charge is 0.191 e. The number of nitrogens with one attached hydrogen (secondary N) is 2. The first-order valence-electron chi connectivity index (χ1n) is 11.5. The molecule has 5 nitrogen and oxygen atoms in total. The highest BCUT2D eigenvalue weighted by Gasteiger charge is 2.26. The van der Waals surface area contributed by atoms with Crippen LogP contribution in [0, 0.1) is 11.8 Å². The van der Waals surface area contributed by atoms with Crippen LogP contribution in [0.1, 0.15) is 78.6 Å². The van der Waals surface area contributed by atoms with E-state index in [0.717, 1.165) is 37.9 Å². The zero-order valence-corrected chi connectivity index (χ0v) is 20.8.